The summed E-state index contributed by atoms with van der Waals surface area (Å²) in [7, 11) is 0. The molecular weight excluding hydrogens is 430 g/mol. The second-order valence-electron chi connectivity index (χ2n) is 6.82. The van der Waals surface area contributed by atoms with E-state index >= 15 is 0 Å². The number of rotatable bonds is 5. The van der Waals surface area contributed by atoms with Crippen LogP contribution in [-0.4, -0.2) is 35.8 Å². The first-order valence-corrected chi connectivity index (χ1v) is 9.62. The van der Waals surface area contributed by atoms with Gasteiger partial charge in [-0.25, -0.2) is 9.78 Å². The van der Waals surface area contributed by atoms with Gasteiger partial charge in [0.25, 0.3) is 0 Å². The van der Waals surface area contributed by atoms with Crippen LogP contribution in [0.3, 0.4) is 0 Å². The number of alkyl halides is 3. The third-order valence-corrected chi connectivity index (χ3v) is 5.76. The number of carbonyl (C=O) groups is 1. The number of carboxylic acid groups (broad SMARTS) is 1. The quantitative estimate of drug-likeness (QED) is 0.653. The molecule has 29 heavy (non-hydrogen) atoms. The Labute approximate surface area is 175 Å². The van der Waals surface area contributed by atoms with Gasteiger partial charge in [-0.1, -0.05) is 29.3 Å². The summed E-state index contributed by atoms with van der Waals surface area (Å²) in [6.45, 7) is 1.52. The minimum absolute atomic E-state index is 0.0393. The first kappa shape index (κ1) is 21.7. The van der Waals surface area contributed by atoms with Crippen molar-refractivity contribution in [2.24, 2.45) is 5.92 Å². The Kier molecular flexibility index (Phi) is 6.55. The Morgan fingerprint density at radius 2 is 1.97 bits per heavy atom. The van der Waals surface area contributed by atoms with Gasteiger partial charge in [-0.3, -0.25) is 4.90 Å². The first-order chi connectivity index (χ1) is 13.7. The molecule has 5 nitrogen and oxygen atoms in total. The van der Waals surface area contributed by atoms with Crippen molar-refractivity contribution in [1.29, 1.82) is 0 Å². The van der Waals surface area contributed by atoms with Gasteiger partial charge >= 0.3 is 12.3 Å². The van der Waals surface area contributed by atoms with E-state index in [4.69, 9.17) is 23.2 Å². The predicted molar refractivity (Wildman–Crippen MR) is 105 cm³/mol. The van der Waals surface area contributed by atoms with Crippen LogP contribution in [-0.2, 0) is 6.18 Å². The van der Waals surface area contributed by atoms with Crippen LogP contribution in [0.15, 0.2) is 36.5 Å². The van der Waals surface area contributed by atoms with Crippen LogP contribution in [0.2, 0.25) is 10.0 Å². The van der Waals surface area contributed by atoms with Gasteiger partial charge in [-0.05, 0) is 48.7 Å². The molecule has 0 aliphatic carbocycles. The number of hydrogen-bond donors (Lipinski definition) is 2. The van der Waals surface area contributed by atoms with Crippen LogP contribution >= 0.6 is 23.2 Å². The molecule has 1 aliphatic heterocycles. The van der Waals surface area contributed by atoms with Gasteiger partial charge < -0.3 is 10.4 Å². The lowest BCUT2D eigenvalue weighted by Gasteiger charge is -2.24. The Balaban J connectivity index is 1.71. The highest BCUT2D eigenvalue weighted by Gasteiger charge is 2.32. The maximum atomic E-state index is 12.7. The fraction of sp³-hybridized carbons (Fsp3) is 0.368. The van der Waals surface area contributed by atoms with E-state index in [2.05, 4.69) is 10.3 Å². The van der Waals surface area contributed by atoms with Gasteiger partial charge in [0.15, 0.2) is 0 Å². The number of pyridine rings is 1. The summed E-state index contributed by atoms with van der Waals surface area (Å²) in [4.78, 5) is 16.3. The van der Waals surface area contributed by atoms with Crippen molar-refractivity contribution in [3.63, 3.8) is 0 Å². The lowest BCUT2D eigenvalue weighted by molar-refractivity contribution is -0.137. The van der Waals surface area contributed by atoms with Crippen molar-refractivity contribution < 1.29 is 23.1 Å². The van der Waals surface area contributed by atoms with Gasteiger partial charge in [0.1, 0.15) is 5.82 Å². The van der Waals surface area contributed by atoms with Gasteiger partial charge in [0.05, 0.1) is 15.6 Å². The maximum Gasteiger partial charge on any atom is 0.417 e. The second kappa shape index (κ2) is 8.77. The zero-order chi connectivity index (χ0) is 21.2. The predicted octanol–water partition coefficient (Wildman–Crippen LogP) is 5.28. The maximum absolute atomic E-state index is 12.7. The highest BCUT2D eigenvalue weighted by molar-refractivity contribution is 6.42. The van der Waals surface area contributed by atoms with Gasteiger partial charge in [0, 0.05) is 25.2 Å². The molecule has 1 aromatic carbocycles. The Morgan fingerprint density at radius 1 is 1.21 bits per heavy atom. The third kappa shape index (κ3) is 5.12. The molecule has 1 amide bonds. The number of amides is 1. The molecular formula is C19H18Cl2F3N3O2. The fourth-order valence-electron chi connectivity index (χ4n) is 3.49. The summed E-state index contributed by atoms with van der Waals surface area (Å²) in [5.41, 5.74) is 0.0789. The van der Waals surface area contributed by atoms with Crippen LogP contribution < -0.4 is 10.2 Å². The summed E-state index contributed by atoms with van der Waals surface area (Å²) in [6, 6.07) is 7.32. The smallest absolute Gasteiger partial charge is 0.417 e. The highest BCUT2D eigenvalue weighted by atomic mass is 35.5. The summed E-state index contributed by atoms with van der Waals surface area (Å²) in [6.07, 6.45) is -4.65. The molecule has 0 spiro atoms. The number of anilines is 1. The Bertz CT molecular complexity index is 878. The molecule has 0 unspecified atom stereocenters. The number of nitrogens with one attached hydrogen (secondary N) is 1. The van der Waals surface area contributed by atoms with E-state index in [9.17, 15) is 23.1 Å². The molecule has 0 radical (unpaired) electrons. The molecule has 3 rings (SSSR count). The molecule has 10 heteroatoms. The van der Waals surface area contributed by atoms with Gasteiger partial charge in [-0.2, -0.15) is 13.2 Å². The van der Waals surface area contributed by atoms with E-state index in [0.717, 1.165) is 22.6 Å². The van der Waals surface area contributed by atoms with E-state index in [0.29, 0.717) is 35.8 Å². The van der Waals surface area contributed by atoms with Crippen LogP contribution in [0.1, 0.15) is 23.5 Å². The summed E-state index contributed by atoms with van der Waals surface area (Å²) in [5.74, 6) is 0.215. The van der Waals surface area contributed by atoms with Gasteiger partial charge in [0.2, 0.25) is 0 Å². The Hall–Kier alpha value is -2.03. The molecule has 0 bridgehead atoms. The molecule has 2 heterocycles. The average molecular weight is 448 g/mol. The number of aromatic nitrogens is 1. The largest absolute Gasteiger partial charge is 0.465 e. The summed E-state index contributed by atoms with van der Waals surface area (Å²) in [5, 5.41) is 13.7. The van der Waals surface area contributed by atoms with Crippen molar-refractivity contribution in [1.82, 2.24) is 10.3 Å². The molecule has 2 N–H and O–H groups in total. The zero-order valence-electron chi connectivity index (χ0n) is 15.1. The molecule has 2 atom stereocenters. The fourth-order valence-corrected chi connectivity index (χ4v) is 3.79. The topological polar surface area (TPSA) is 65.5 Å². The molecule has 156 valence electrons. The zero-order valence-corrected chi connectivity index (χ0v) is 16.6. The summed E-state index contributed by atoms with van der Waals surface area (Å²) >= 11 is 12.1. The summed E-state index contributed by atoms with van der Waals surface area (Å²) < 4.78 is 38.1. The van der Waals surface area contributed by atoms with Gasteiger partial charge in [-0.15, -0.1) is 0 Å². The van der Waals surface area contributed by atoms with Crippen molar-refractivity contribution in [2.45, 2.75) is 18.5 Å². The molecule has 1 saturated heterocycles. The van der Waals surface area contributed by atoms with Crippen LogP contribution in [0.5, 0.6) is 0 Å². The number of benzene rings is 1. The monoisotopic (exact) mass is 447 g/mol. The van der Waals surface area contributed by atoms with Crippen LogP contribution in [0, 0.1) is 5.92 Å². The van der Waals surface area contributed by atoms with Crippen LogP contribution in [0.25, 0.3) is 0 Å². The van der Waals surface area contributed by atoms with Crippen molar-refractivity contribution in [3.05, 3.63) is 57.7 Å². The van der Waals surface area contributed by atoms with Crippen LogP contribution in [0.4, 0.5) is 23.8 Å². The highest BCUT2D eigenvalue weighted by Crippen LogP contribution is 2.34. The first-order valence-electron chi connectivity index (χ1n) is 8.86. The SMILES string of the molecule is O=C(O)N(CC[C@H]1CNC[C@@H]1c1ccc(Cl)c(Cl)c1)c1ccc(C(F)(F)F)cn1. The normalized spacial score (nSPS) is 19.3. The number of nitrogens with zero attached hydrogens (tertiary/aromatic N) is 2. The number of hydrogen-bond acceptors (Lipinski definition) is 3. The minimum atomic E-state index is -4.53. The van der Waals surface area contributed by atoms with Crippen molar-refractivity contribution in [3.8, 4) is 0 Å². The van der Waals surface area contributed by atoms with E-state index < -0.39 is 17.8 Å². The standard InChI is InChI=1S/C19H18Cl2F3N3O2/c20-15-3-1-11(7-16(15)21)14-10-25-8-12(14)5-6-27(18(28)29)17-4-2-13(9-26-17)19(22,23)24/h1-4,7,9,12,14,25H,5-6,8,10H2,(H,28,29)/t12-,14+/m0/s1. The molecule has 1 aromatic heterocycles. The lowest BCUT2D eigenvalue weighted by Crippen LogP contribution is -2.33. The van der Waals surface area contributed by atoms with E-state index in [1.807, 2.05) is 6.07 Å². The second-order valence-corrected chi connectivity index (χ2v) is 7.64. The van der Waals surface area contributed by atoms with Crippen molar-refractivity contribution >= 4 is 35.1 Å². The average Bonchev–Trinajstić information content (AvgIpc) is 3.12. The van der Waals surface area contributed by atoms with Crippen molar-refractivity contribution in [2.75, 3.05) is 24.5 Å². The molecule has 1 fully saturated rings. The molecule has 1 aliphatic rings. The minimum Gasteiger partial charge on any atom is -0.465 e. The number of halogens is 5. The third-order valence-electron chi connectivity index (χ3n) is 5.02. The van der Waals surface area contributed by atoms with E-state index in [-0.39, 0.29) is 24.2 Å². The van der Waals surface area contributed by atoms with E-state index in [1.54, 1.807) is 12.1 Å². The molecule has 2 aromatic rings. The van der Waals surface area contributed by atoms with E-state index in [1.165, 1.54) is 0 Å². The lowest BCUT2D eigenvalue weighted by atomic mass is 9.86. The molecule has 0 saturated carbocycles. The Morgan fingerprint density at radius 3 is 2.55 bits per heavy atom.